The van der Waals surface area contributed by atoms with Crippen molar-refractivity contribution in [3.63, 3.8) is 0 Å². The SMILES string of the molecule is C[C@@H](NC(=O)CCCN(c1cc(Cl)ccc1Cl)S(C)(=O)=O)c1ccc(S(C)(=O)=O)cc1. The number of nitrogens with one attached hydrogen (secondary N) is 1. The van der Waals surface area contributed by atoms with E-state index in [1.54, 1.807) is 25.1 Å². The number of anilines is 1. The number of sulfonamides is 1. The van der Waals surface area contributed by atoms with E-state index < -0.39 is 19.9 Å². The summed E-state index contributed by atoms with van der Waals surface area (Å²) in [7, 11) is -6.92. The minimum Gasteiger partial charge on any atom is -0.350 e. The fraction of sp³-hybridized carbons (Fsp3) is 0.350. The van der Waals surface area contributed by atoms with Crippen molar-refractivity contribution < 1.29 is 21.6 Å². The molecule has 0 saturated carbocycles. The Morgan fingerprint density at radius 3 is 2.19 bits per heavy atom. The molecule has 0 fully saturated rings. The predicted molar refractivity (Wildman–Crippen MR) is 124 cm³/mol. The summed E-state index contributed by atoms with van der Waals surface area (Å²) in [6, 6.07) is 10.5. The van der Waals surface area contributed by atoms with E-state index in [-0.39, 0.29) is 46.9 Å². The Balaban J connectivity index is 1.98. The van der Waals surface area contributed by atoms with E-state index in [4.69, 9.17) is 23.2 Å². The first kappa shape index (κ1) is 25.5. The van der Waals surface area contributed by atoms with Gasteiger partial charge in [0.25, 0.3) is 0 Å². The maximum atomic E-state index is 12.3. The second-order valence-corrected chi connectivity index (χ2v) is 11.9. The molecule has 1 amide bonds. The summed E-state index contributed by atoms with van der Waals surface area (Å²) in [5.41, 5.74) is 1.01. The van der Waals surface area contributed by atoms with Crippen molar-refractivity contribution >= 4 is 54.7 Å². The minimum absolute atomic E-state index is 0.0593. The number of hydrogen-bond donors (Lipinski definition) is 1. The van der Waals surface area contributed by atoms with Crippen LogP contribution in [0.5, 0.6) is 0 Å². The fourth-order valence-corrected chi connectivity index (χ4v) is 4.96. The molecule has 2 aromatic carbocycles. The van der Waals surface area contributed by atoms with Gasteiger partial charge in [0.1, 0.15) is 0 Å². The molecule has 0 bridgehead atoms. The van der Waals surface area contributed by atoms with Gasteiger partial charge in [-0.05, 0) is 49.2 Å². The van der Waals surface area contributed by atoms with Crippen molar-refractivity contribution in [2.24, 2.45) is 0 Å². The van der Waals surface area contributed by atoms with Gasteiger partial charge in [0, 0.05) is 24.2 Å². The van der Waals surface area contributed by atoms with Gasteiger partial charge in [-0.25, -0.2) is 16.8 Å². The summed E-state index contributed by atoms with van der Waals surface area (Å²) in [5.74, 6) is -0.259. The Morgan fingerprint density at radius 1 is 1.03 bits per heavy atom. The number of carbonyl (C=O) groups excluding carboxylic acids is 1. The minimum atomic E-state index is -3.63. The van der Waals surface area contributed by atoms with Crippen LogP contribution in [0, 0.1) is 0 Å². The molecule has 0 aliphatic carbocycles. The Morgan fingerprint density at radius 2 is 1.65 bits per heavy atom. The number of carbonyl (C=O) groups is 1. The first-order chi connectivity index (χ1) is 14.3. The molecule has 0 unspecified atom stereocenters. The summed E-state index contributed by atoms with van der Waals surface area (Å²) < 4.78 is 48.6. The Hall–Kier alpha value is -1.81. The van der Waals surface area contributed by atoms with Crippen LogP contribution >= 0.6 is 23.2 Å². The third-order valence-electron chi connectivity index (χ3n) is 4.53. The van der Waals surface area contributed by atoms with Crippen molar-refractivity contribution in [2.75, 3.05) is 23.4 Å². The maximum absolute atomic E-state index is 12.3. The summed E-state index contributed by atoms with van der Waals surface area (Å²) in [6.45, 7) is 1.84. The third-order valence-corrected chi connectivity index (χ3v) is 7.39. The maximum Gasteiger partial charge on any atom is 0.232 e. The number of halogens is 2. The van der Waals surface area contributed by atoms with Gasteiger partial charge in [-0.2, -0.15) is 0 Å². The van der Waals surface area contributed by atoms with Crippen LogP contribution < -0.4 is 9.62 Å². The fourth-order valence-electron chi connectivity index (χ4n) is 2.93. The molecule has 0 radical (unpaired) electrons. The van der Waals surface area contributed by atoms with Crippen LogP contribution in [0.25, 0.3) is 0 Å². The molecule has 0 aliphatic rings. The highest BCUT2D eigenvalue weighted by Gasteiger charge is 2.21. The molecule has 7 nitrogen and oxygen atoms in total. The quantitative estimate of drug-likeness (QED) is 0.556. The van der Waals surface area contributed by atoms with E-state index >= 15 is 0 Å². The number of sulfone groups is 1. The Labute approximate surface area is 193 Å². The van der Waals surface area contributed by atoms with E-state index in [2.05, 4.69) is 5.32 Å². The van der Waals surface area contributed by atoms with E-state index in [0.717, 1.165) is 22.4 Å². The summed E-state index contributed by atoms with van der Waals surface area (Å²) in [6.07, 6.45) is 2.55. The molecule has 0 aromatic heterocycles. The standard InChI is InChI=1S/C20H24Cl2N2O5S2/c1-14(15-6-9-17(10-7-15)30(2,26)27)23-20(25)5-4-12-24(31(3,28)29)19-13-16(21)8-11-18(19)22/h6-11,13-14H,4-5,12H2,1-3H3,(H,23,25)/t14-/m1/s1. The largest absolute Gasteiger partial charge is 0.350 e. The van der Waals surface area contributed by atoms with Crippen LogP contribution in [-0.4, -0.2) is 41.8 Å². The summed E-state index contributed by atoms with van der Waals surface area (Å²) in [5, 5.41) is 3.41. The normalized spacial score (nSPS) is 12.9. The summed E-state index contributed by atoms with van der Waals surface area (Å²) >= 11 is 12.1. The van der Waals surface area contributed by atoms with Gasteiger partial charge < -0.3 is 5.32 Å². The lowest BCUT2D eigenvalue weighted by molar-refractivity contribution is -0.121. The number of hydrogen-bond acceptors (Lipinski definition) is 5. The summed E-state index contributed by atoms with van der Waals surface area (Å²) in [4.78, 5) is 12.5. The van der Waals surface area contributed by atoms with Gasteiger partial charge in [0.2, 0.25) is 15.9 Å². The molecule has 1 N–H and O–H groups in total. The van der Waals surface area contributed by atoms with Crippen LogP contribution in [0.4, 0.5) is 5.69 Å². The van der Waals surface area contributed by atoms with Crippen molar-refractivity contribution in [1.82, 2.24) is 5.32 Å². The van der Waals surface area contributed by atoms with Crippen molar-refractivity contribution in [2.45, 2.75) is 30.7 Å². The van der Waals surface area contributed by atoms with Gasteiger partial charge in [-0.3, -0.25) is 9.10 Å². The Bertz CT molecular complexity index is 1150. The number of amides is 1. The average Bonchev–Trinajstić information content (AvgIpc) is 2.66. The average molecular weight is 507 g/mol. The molecular weight excluding hydrogens is 483 g/mol. The number of benzene rings is 2. The van der Waals surface area contributed by atoms with Crippen LogP contribution in [0.2, 0.25) is 10.0 Å². The molecule has 0 heterocycles. The topological polar surface area (TPSA) is 101 Å². The van der Waals surface area contributed by atoms with Crippen LogP contribution in [0.1, 0.15) is 31.4 Å². The molecular formula is C20H24Cl2N2O5S2. The second-order valence-electron chi connectivity index (χ2n) is 7.16. The molecule has 2 rings (SSSR count). The van der Waals surface area contributed by atoms with Gasteiger partial charge in [-0.15, -0.1) is 0 Å². The van der Waals surface area contributed by atoms with Gasteiger partial charge in [0.15, 0.2) is 9.84 Å². The van der Waals surface area contributed by atoms with Crippen molar-refractivity contribution in [3.8, 4) is 0 Å². The molecule has 1 atom stereocenters. The first-order valence-electron chi connectivity index (χ1n) is 9.31. The lowest BCUT2D eigenvalue weighted by atomic mass is 10.1. The molecule has 0 spiro atoms. The van der Waals surface area contributed by atoms with E-state index in [0.29, 0.717) is 5.02 Å². The molecule has 11 heteroatoms. The monoisotopic (exact) mass is 506 g/mol. The molecule has 0 saturated heterocycles. The molecule has 0 aliphatic heterocycles. The van der Waals surface area contributed by atoms with E-state index in [9.17, 15) is 21.6 Å². The molecule has 170 valence electrons. The highest BCUT2D eigenvalue weighted by molar-refractivity contribution is 7.92. The predicted octanol–water partition coefficient (Wildman–Crippen LogP) is 3.82. The Kier molecular flexibility index (Phi) is 8.38. The smallest absolute Gasteiger partial charge is 0.232 e. The number of rotatable bonds is 9. The zero-order valence-electron chi connectivity index (χ0n) is 17.3. The van der Waals surface area contributed by atoms with Gasteiger partial charge >= 0.3 is 0 Å². The second kappa shape index (κ2) is 10.2. The van der Waals surface area contributed by atoms with Crippen molar-refractivity contribution in [1.29, 1.82) is 0 Å². The molecule has 2 aromatic rings. The lowest BCUT2D eigenvalue weighted by Crippen LogP contribution is -2.32. The van der Waals surface area contributed by atoms with Crippen LogP contribution in [0.15, 0.2) is 47.4 Å². The zero-order valence-corrected chi connectivity index (χ0v) is 20.4. The van der Waals surface area contributed by atoms with Crippen LogP contribution in [0.3, 0.4) is 0 Å². The zero-order chi connectivity index (χ0) is 23.4. The van der Waals surface area contributed by atoms with Crippen molar-refractivity contribution in [3.05, 3.63) is 58.1 Å². The van der Waals surface area contributed by atoms with E-state index in [1.165, 1.54) is 24.3 Å². The lowest BCUT2D eigenvalue weighted by Gasteiger charge is -2.23. The molecule has 31 heavy (non-hydrogen) atoms. The van der Waals surface area contributed by atoms with E-state index in [1.807, 2.05) is 0 Å². The highest BCUT2D eigenvalue weighted by Crippen LogP contribution is 2.31. The van der Waals surface area contributed by atoms with Gasteiger partial charge in [0.05, 0.1) is 27.9 Å². The van der Waals surface area contributed by atoms with Crippen LogP contribution in [-0.2, 0) is 24.7 Å². The highest BCUT2D eigenvalue weighted by atomic mass is 35.5. The first-order valence-corrected chi connectivity index (χ1v) is 13.8. The number of nitrogens with zero attached hydrogens (tertiary/aromatic N) is 1. The van der Waals surface area contributed by atoms with Gasteiger partial charge in [-0.1, -0.05) is 35.3 Å². The third kappa shape index (κ3) is 7.38.